The molecule has 1 aromatic carbocycles. The van der Waals surface area contributed by atoms with Crippen LogP contribution in [-0.2, 0) is 0 Å². The second-order valence-electron chi connectivity index (χ2n) is 5.65. The number of likely N-dealkylation sites (N-methyl/N-ethyl adjacent to an activating group) is 1. The fraction of sp³-hybridized carbons (Fsp3) is 0.375. The first-order valence-electron chi connectivity index (χ1n) is 7.30. The third-order valence-corrected chi connectivity index (χ3v) is 4.05. The number of rotatable bonds is 4. The lowest BCUT2D eigenvalue weighted by Crippen LogP contribution is -2.35. The maximum atomic E-state index is 11.7. The highest BCUT2D eigenvalue weighted by atomic mass is 16.4. The van der Waals surface area contributed by atoms with Gasteiger partial charge in [-0.2, -0.15) is 0 Å². The summed E-state index contributed by atoms with van der Waals surface area (Å²) >= 11 is 0. The number of aromatic carboxylic acids is 1. The van der Waals surface area contributed by atoms with E-state index >= 15 is 0 Å². The van der Waals surface area contributed by atoms with Crippen molar-refractivity contribution in [3.05, 3.63) is 40.2 Å². The van der Waals surface area contributed by atoms with Crippen LogP contribution in [0.25, 0.3) is 11.0 Å². The largest absolute Gasteiger partial charge is 0.477 e. The van der Waals surface area contributed by atoms with Crippen LogP contribution >= 0.6 is 0 Å². The highest BCUT2D eigenvalue weighted by Gasteiger charge is 2.17. The monoisotopic (exact) mass is 302 g/mol. The Labute approximate surface area is 127 Å². The lowest BCUT2D eigenvalue weighted by atomic mass is 10.1. The average Bonchev–Trinajstić information content (AvgIpc) is 2.98. The van der Waals surface area contributed by atoms with E-state index < -0.39 is 11.6 Å². The molecule has 6 heteroatoms. The van der Waals surface area contributed by atoms with Crippen molar-refractivity contribution < 1.29 is 14.3 Å². The second-order valence-corrected chi connectivity index (χ2v) is 5.65. The second kappa shape index (κ2) is 5.81. The van der Waals surface area contributed by atoms with Crippen LogP contribution in [0.1, 0.15) is 23.2 Å². The number of anilines is 1. The molecule has 2 aromatic rings. The van der Waals surface area contributed by atoms with E-state index in [2.05, 4.69) is 10.2 Å². The molecule has 1 aliphatic rings. The van der Waals surface area contributed by atoms with Crippen molar-refractivity contribution in [1.29, 1.82) is 0 Å². The number of hydrogen-bond donors (Lipinski definition) is 2. The first kappa shape index (κ1) is 14.6. The Kier molecular flexibility index (Phi) is 3.85. The van der Waals surface area contributed by atoms with Crippen LogP contribution in [0.15, 0.2) is 33.5 Å². The molecule has 1 aromatic heterocycles. The number of nitrogens with one attached hydrogen (secondary N) is 1. The molecule has 1 atom stereocenters. The van der Waals surface area contributed by atoms with Crippen LogP contribution in [-0.4, -0.2) is 37.3 Å². The Morgan fingerprint density at radius 1 is 1.45 bits per heavy atom. The van der Waals surface area contributed by atoms with E-state index in [-0.39, 0.29) is 5.56 Å². The molecule has 0 spiro atoms. The van der Waals surface area contributed by atoms with E-state index in [0.29, 0.717) is 17.0 Å². The van der Waals surface area contributed by atoms with Crippen molar-refractivity contribution in [2.75, 3.05) is 25.0 Å². The maximum absolute atomic E-state index is 11.7. The topological polar surface area (TPSA) is 82.8 Å². The van der Waals surface area contributed by atoms with E-state index in [1.165, 1.54) is 12.5 Å². The van der Waals surface area contributed by atoms with Crippen LogP contribution in [0.5, 0.6) is 0 Å². The molecular formula is C16H18N2O4. The standard InChI is InChI=1S/C16H18N2O4/c1-18(9-11-3-2-6-17-11)12-5-4-10-7-13(15(19)20)16(21)22-14(10)8-12/h4-5,7-8,11,17H,2-3,6,9H2,1H3,(H,19,20)/t11-/m0/s1. The van der Waals surface area contributed by atoms with E-state index in [1.54, 1.807) is 12.1 Å². The lowest BCUT2D eigenvalue weighted by molar-refractivity contribution is 0.0692. The number of nitrogens with zero attached hydrogens (tertiary/aromatic N) is 1. The summed E-state index contributed by atoms with van der Waals surface area (Å²) in [6, 6.07) is 7.28. The van der Waals surface area contributed by atoms with E-state index in [9.17, 15) is 9.59 Å². The predicted octanol–water partition coefficient (Wildman–Crippen LogP) is 1.68. The molecule has 1 fully saturated rings. The minimum Gasteiger partial charge on any atom is -0.477 e. The van der Waals surface area contributed by atoms with Gasteiger partial charge in [-0.15, -0.1) is 0 Å². The van der Waals surface area contributed by atoms with Crippen LogP contribution in [0.4, 0.5) is 5.69 Å². The minimum atomic E-state index is -1.27. The maximum Gasteiger partial charge on any atom is 0.351 e. The number of benzene rings is 1. The van der Waals surface area contributed by atoms with Gasteiger partial charge in [0.1, 0.15) is 11.1 Å². The van der Waals surface area contributed by atoms with Crippen molar-refractivity contribution in [2.24, 2.45) is 0 Å². The van der Waals surface area contributed by atoms with Crippen LogP contribution < -0.4 is 15.8 Å². The predicted molar refractivity (Wildman–Crippen MR) is 83.7 cm³/mol. The van der Waals surface area contributed by atoms with Crippen molar-refractivity contribution in [2.45, 2.75) is 18.9 Å². The summed E-state index contributed by atoms with van der Waals surface area (Å²) < 4.78 is 5.14. The summed E-state index contributed by atoms with van der Waals surface area (Å²) in [6.45, 7) is 1.94. The molecule has 1 aliphatic heterocycles. The van der Waals surface area contributed by atoms with Crippen molar-refractivity contribution in [3.8, 4) is 0 Å². The van der Waals surface area contributed by atoms with E-state index in [0.717, 1.165) is 25.2 Å². The van der Waals surface area contributed by atoms with Crippen LogP contribution in [0.3, 0.4) is 0 Å². The summed E-state index contributed by atoms with van der Waals surface area (Å²) in [7, 11) is 1.99. The van der Waals surface area contributed by atoms with Gasteiger partial charge in [0.15, 0.2) is 0 Å². The van der Waals surface area contributed by atoms with Gasteiger partial charge in [0.25, 0.3) is 0 Å². The fourth-order valence-corrected chi connectivity index (χ4v) is 2.83. The van der Waals surface area contributed by atoms with Crippen LogP contribution in [0.2, 0.25) is 0 Å². The van der Waals surface area contributed by atoms with Gasteiger partial charge in [-0.3, -0.25) is 0 Å². The Bertz CT molecular complexity index is 762. The summed E-state index contributed by atoms with van der Waals surface area (Å²) in [5, 5.41) is 13.0. The van der Waals surface area contributed by atoms with E-state index in [1.807, 2.05) is 13.1 Å². The number of hydrogen-bond acceptors (Lipinski definition) is 5. The Hall–Kier alpha value is -2.34. The molecule has 0 bridgehead atoms. The first-order valence-corrected chi connectivity index (χ1v) is 7.30. The molecular weight excluding hydrogens is 284 g/mol. The highest BCUT2D eigenvalue weighted by Crippen LogP contribution is 2.22. The van der Waals surface area contributed by atoms with E-state index in [4.69, 9.17) is 9.52 Å². The first-order chi connectivity index (χ1) is 10.5. The smallest absolute Gasteiger partial charge is 0.351 e. The normalized spacial score (nSPS) is 17.8. The molecule has 22 heavy (non-hydrogen) atoms. The number of fused-ring (bicyclic) bond motifs is 1. The van der Waals surface area contributed by atoms with Gasteiger partial charge in [-0.05, 0) is 37.6 Å². The van der Waals surface area contributed by atoms with Gasteiger partial charge in [0, 0.05) is 36.8 Å². The molecule has 2 N–H and O–H groups in total. The summed E-state index contributed by atoms with van der Waals surface area (Å²) in [6.07, 6.45) is 2.36. The molecule has 6 nitrogen and oxygen atoms in total. The highest BCUT2D eigenvalue weighted by molar-refractivity contribution is 5.92. The van der Waals surface area contributed by atoms with Crippen molar-refractivity contribution >= 4 is 22.6 Å². The third kappa shape index (κ3) is 2.82. The quantitative estimate of drug-likeness (QED) is 0.836. The molecule has 1 saturated heterocycles. The van der Waals surface area contributed by atoms with Gasteiger partial charge in [0.05, 0.1) is 0 Å². The Morgan fingerprint density at radius 3 is 2.95 bits per heavy atom. The third-order valence-electron chi connectivity index (χ3n) is 4.05. The SMILES string of the molecule is CN(C[C@@H]1CCCN1)c1ccc2cc(C(=O)O)c(=O)oc2c1. The van der Waals surface area contributed by atoms with Crippen LogP contribution in [0, 0.1) is 0 Å². The van der Waals surface area contributed by atoms with Gasteiger partial charge in [-0.25, -0.2) is 9.59 Å². The molecule has 3 rings (SSSR count). The molecule has 116 valence electrons. The fourth-order valence-electron chi connectivity index (χ4n) is 2.83. The molecule has 0 amide bonds. The summed E-state index contributed by atoms with van der Waals surface area (Å²) in [5.74, 6) is -1.27. The van der Waals surface area contributed by atoms with Gasteiger partial charge >= 0.3 is 11.6 Å². The van der Waals surface area contributed by atoms with Crippen molar-refractivity contribution in [1.82, 2.24) is 5.32 Å². The molecule has 0 radical (unpaired) electrons. The van der Waals surface area contributed by atoms with Gasteiger partial charge in [0.2, 0.25) is 0 Å². The number of carboxylic acid groups (broad SMARTS) is 1. The van der Waals surface area contributed by atoms with Gasteiger partial charge < -0.3 is 19.7 Å². The molecule has 0 unspecified atom stereocenters. The van der Waals surface area contributed by atoms with Gasteiger partial charge in [-0.1, -0.05) is 0 Å². The number of carboxylic acids is 1. The average molecular weight is 302 g/mol. The zero-order chi connectivity index (χ0) is 15.7. The Balaban J connectivity index is 1.90. The Morgan fingerprint density at radius 2 is 2.27 bits per heavy atom. The molecule has 0 aliphatic carbocycles. The summed E-state index contributed by atoms with van der Waals surface area (Å²) in [5.41, 5.74) is 0.173. The minimum absolute atomic E-state index is 0.344. The zero-order valence-corrected chi connectivity index (χ0v) is 12.3. The molecule has 2 heterocycles. The summed E-state index contributed by atoms with van der Waals surface area (Å²) in [4.78, 5) is 24.7. The van der Waals surface area contributed by atoms with Crippen molar-refractivity contribution in [3.63, 3.8) is 0 Å². The molecule has 0 saturated carbocycles. The zero-order valence-electron chi connectivity index (χ0n) is 12.3. The number of carbonyl (C=O) groups is 1. The lowest BCUT2D eigenvalue weighted by Gasteiger charge is -2.23.